The van der Waals surface area contributed by atoms with Crippen molar-refractivity contribution < 1.29 is 4.74 Å². The molecule has 0 amide bonds. The van der Waals surface area contributed by atoms with Gasteiger partial charge < -0.3 is 10.5 Å². The predicted molar refractivity (Wildman–Crippen MR) is 85.4 cm³/mol. The maximum absolute atomic E-state index is 12.4. The number of hydrogen-bond acceptors (Lipinski definition) is 4. The summed E-state index contributed by atoms with van der Waals surface area (Å²) in [5.41, 5.74) is 8.75. The fraction of sp³-hybridized carbons (Fsp3) is 0.412. The molecule has 1 heterocycles. The van der Waals surface area contributed by atoms with Crippen molar-refractivity contribution in [1.29, 1.82) is 0 Å². The van der Waals surface area contributed by atoms with Gasteiger partial charge in [0.15, 0.2) is 0 Å². The highest BCUT2D eigenvalue weighted by molar-refractivity contribution is 5.38. The summed E-state index contributed by atoms with van der Waals surface area (Å²) in [4.78, 5) is 12.4. The molecule has 0 fully saturated rings. The second-order valence-electron chi connectivity index (χ2n) is 6.65. The third-order valence-corrected chi connectivity index (χ3v) is 4.15. The van der Waals surface area contributed by atoms with Gasteiger partial charge in [0.2, 0.25) is 0 Å². The molecule has 3 rings (SSSR count). The molecule has 116 valence electrons. The van der Waals surface area contributed by atoms with Gasteiger partial charge in [-0.05, 0) is 48.1 Å². The molecule has 1 aliphatic rings. The second kappa shape index (κ2) is 5.25. The van der Waals surface area contributed by atoms with E-state index in [1.807, 2.05) is 24.3 Å². The second-order valence-corrected chi connectivity index (χ2v) is 6.65. The minimum atomic E-state index is -0.135. The Bertz CT molecular complexity index is 747. The fourth-order valence-corrected chi connectivity index (χ4v) is 3.15. The Hall–Kier alpha value is -2.14. The van der Waals surface area contributed by atoms with Gasteiger partial charge in [-0.3, -0.25) is 4.79 Å². The summed E-state index contributed by atoms with van der Waals surface area (Å²) < 4.78 is 6.55. The van der Waals surface area contributed by atoms with Gasteiger partial charge in [0.1, 0.15) is 5.75 Å². The van der Waals surface area contributed by atoms with Crippen molar-refractivity contribution in [2.45, 2.75) is 32.7 Å². The van der Waals surface area contributed by atoms with Gasteiger partial charge in [-0.15, -0.1) is 0 Å². The molecule has 1 aromatic carbocycles. The van der Waals surface area contributed by atoms with E-state index in [2.05, 4.69) is 18.9 Å². The first kappa shape index (κ1) is 14.8. The van der Waals surface area contributed by atoms with E-state index >= 15 is 0 Å². The van der Waals surface area contributed by atoms with Crippen molar-refractivity contribution in [2.75, 3.05) is 7.11 Å². The molecular weight excluding hydrogens is 278 g/mol. The lowest BCUT2D eigenvalue weighted by molar-refractivity contribution is 0.276. The number of fused-ring (bicyclic) bond motifs is 1. The minimum Gasteiger partial charge on any atom is -0.497 e. The Morgan fingerprint density at radius 1 is 1.32 bits per heavy atom. The van der Waals surface area contributed by atoms with Crippen LogP contribution >= 0.6 is 0 Å². The van der Waals surface area contributed by atoms with E-state index in [-0.39, 0.29) is 17.0 Å². The van der Waals surface area contributed by atoms with Crippen molar-refractivity contribution in [2.24, 2.45) is 11.1 Å². The van der Waals surface area contributed by atoms with Crippen LogP contribution in [0.3, 0.4) is 0 Å². The zero-order chi connectivity index (χ0) is 15.9. The molecule has 0 saturated carbocycles. The Balaban J connectivity index is 2.07. The largest absolute Gasteiger partial charge is 0.497 e. The number of benzene rings is 1. The van der Waals surface area contributed by atoms with Crippen LogP contribution in [0.4, 0.5) is 0 Å². The standard InChI is InChI=1S/C17H21N3O2/c1-17(2)9-11-8-15(21)20(19-16(11)14(18)10-17)12-4-6-13(22-3)7-5-12/h4-8,14H,9-10,18H2,1-3H3. The molecule has 2 N–H and O–H groups in total. The molecule has 0 radical (unpaired) electrons. The highest BCUT2D eigenvalue weighted by atomic mass is 16.5. The highest BCUT2D eigenvalue weighted by Crippen LogP contribution is 2.38. The summed E-state index contributed by atoms with van der Waals surface area (Å²) in [6.07, 6.45) is 1.70. The molecule has 0 saturated heterocycles. The van der Waals surface area contributed by atoms with E-state index in [1.165, 1.54) is 4.68 Å². The quantitative estimate of drug-likeness (QED) is 0.923. The van der Waals surface area contributed by atoms with E-state index in [9.17, 15) is 4.79 Å². The molecule has 5 heteroatoms. The smallest absolute Gasteiger partial charge is 0.271 e. The minimum absolute atomic E-state index is 0.104. The topological polar surface area (TPSA) is 70.1 Å². The first-order valence-electron chi connectivity index (χ1n) is 7.43. The molecular formula is C17H21N3O2. The molecule has 0 spiro atoms. The summed E-state index contributed by atoms with van der Waals surface area (Å²) in [6, 6.07) is 8.80. The van der Waals surface area contributed by atoms with Crippen LogP contribution in [0.15, 0.2) is 35.1 Å². The zero-order valence-corrected chi connectivity index (χ0v) is 13.2. The van der Waals surface area contributed by atoms with Crippen LogP contribution in [0, 0.1) is 5.41 Å². The lowest BCUT2D eigenvalue weighted by Crippen LogP contribution is -2.34. The van der Waals surface area contributed by atoms with Crippen molar-refractivity contribution in [3.63, 3.8) is 0 Å². The van der Waals surface area contributed by atoms with Crippen LogP contribution in [0.2, 0.25) is 0 Å². The first-order valence-corrected chi connectivity index (χ1v) is 7.43. The van der Waals surface area contributed by atoms with Crippen molar-refractivity contribution in [3.8, 4) is 11.4 Å². The maximum Gasteiger partial charge on any atom is 0.271 e. The summed E-state index contributed by atoms with van der Waals surface area (Å²) in [5.74, 6) is 0.744. The van der Waals surface area contributed by atoms with Gasteiger partial charge >= 0.3 is 0 Å². The molecule has 5 nitrogen and oxygen atoms in total. The lowest BCUT2D eigenvalue weighted by Gasteiger charge is -2.34. The number of nitrogens with zero attached hydrogens (tertiary/aromatic N) is 2. The number of methoxy groups -OCH3 is 1. The monoisotopic (exact) mass is 299 g/mol. The lowest BCUT2D eigenvalue weighted by atomic mass is 9.74. The van der Waals surface area contributed by atoms with Crippen LogP contribution in [-0.2, 0) is 6.42 Å². The molecule has 2 aromatic rings. The fourth-order valence-electron chi connectivity index (χ4n) is 3.15. The molecule has 22 heavy (non-hydrogen) atoms. The number of hydrogen-bond donors (Lipinski definition) is 1. The van der Waals surface area contributed by atoms with Crippen LogP contribution in [0.5, 0.6) is 5.75 Å². The summed E-state index contributed by atoms with van der Waals surface area (Å²) in [6.45, 7) is 4.34. The van der Waals surface area contributed by atoms with E-state index in [1.54, 1.807) is 13.2 Å². The Labute approximate surface area is 129 Å². The van der Waals surface area contributed by atoms with Crippen LogP contribution in [-0.4, -0.2) is 16.9 Å². The number of rotatable bonds is 2. The SMILES string of the molecule is COc1ccc(-n2nc3c(cc2=O)CC(C)(C)CC3N)cc1. The number of ether oxygens (including phenoxy) is 1. The Morgan fingerprint density at radius 2 is 2.00 bits per heavy atom. The summed E-state index contributed by atoms with van der Waals surface area (Å²) in [5, 5.41) is 4.52. The first-order chi connectivity index (χ1) is 10.4. The maximum atomic E-state index is 12.4. The summed E-state index contributed by atoms with van der Waals surface area (Å²) in [7, 11) is 1.61. The van der Waals surface area contributed by atoms with Crippen molar-refractivity contribution >= 4 is 0 Å². The third-order valence-electron chi connectivity index (χ3n) is 4.15. The van der Waals surface area contributed by atoms with Gasteiger partial charge in [0.05, 0.1) is 18.5 Å². The molecule has 1 aromatic heterocycles. The van der Waals surface area contributed by atoms with E-state index in [0.29, 0.717) is 5.69 Å². The molecule has 1 unspecified atom stereocenters. The van der Waals surface area contributed by atoms with E-state index in [4.69, 9.17) is 10.5 Å². The zero-order valence-electron chi connectivity index (χ0n) is 13.2. The normalized spacial score (nSPS) is 19.5. The number of aromatic nitrogens is 2. The molecule has 0 aliphatic heterocycles. The van der Waals surface area contributed by atoms with Crippen LogP contribution < -0.4 is 16.0 Å². The van der Waals surface area contributed by atoms with Gasteiger partial charge in [0, 0.05) is 12.1 Å². The predicted octanol–water partition coefficient (Wildman–Crippen LogP) is 2.21. The van der Waals surface area contributed by atoms with Crippen LogP contribution in [0.25, 0.3) is 5.69 Å². The highest BCUT2D eigenvalue weighted by Gasteiger charge is 2.32. The van der Waals surface area contributed by atoms with Gasteiger partial charge in [-0.1, -0.05) is 13.8 Å². The van der Waals surface area contributed by atoms with E-state index in [0.717, 1.165) is 29.8 Å². The van der Waals surface area contributed by atoms with Crippen LogP contribution in [0.1, 0.15) is 37.6 Å². The summed E-state index contributed by atoms with van der Waals surface area (Å²) >= 11 is 0. The van der Waals surface area contributed by atoms with Gasteiger partial charge in [-0.25, -0.2) is 0 Å². The average Bonchev–Trinajstić information content (AvgIpc) is 2.45. The van der Waals surface area contributed by atoms with Gasteiger partial charge in [-0.2, -0.15) is 9.78 Å². The molecule has 1 atom stereocenters. The number of nitrogens with two attached hydrogens (primary N) is 1. The van der Waals surface area contributed by atoms with Crippen molar-refractivity contribution in [3.05, 3.63) is 51.9 Å². The third kappa shape index (κ3) is 2.64. The average molecular weight is 299 g/mol. The molecule has 0 bridgehead atoms. The van der Waals surface area contributed by atoms with Crippen molar-refractivity contribution in [1.82, 2.24) is 9.78 Å². The van der Waals surface area contributed by atoms with E-state index < -0.39 is 0 Å². The Morgan fingerprint density at radius 3 is 2.64 bits per heavy atom. The molecule has 1 aliphatic carbocycles. The van der Waals surface area contributed by atoms with Gasteiger partial charge in [0.25, 0.3) is 5.56 Å². The Kier molecular flexibility index (Phi) is 3.53.